The number of rotatable bonds is 12. The van der Waals surface area contributed by atoms with Crippen LogP contribution < -0.4 is 0 Å². The number of hydrogen-bond donors (Lipinski definition) is 8. The number of carboxylic acid groups (broad SMARTS) is 1. The fourth-order valence-corrected chi connectivity index (χ4v) is 10.9. The van der Waals surface area contributed by atoms with Gasteiger partial charge in [0.2, 0.25) is 5.79 Å². The van der Waals surface area contributed by atoms with Crippen LogP contribution in [0.5, 0.6) is 0 Å². The third-order valence-electron chi connectivity index (χ3n) is 16.0. The number of carbonyl (C=O) groups is 6. The molecule has 4 rings (SSSR count). The molecular weight excluding hydrogens is 991 g/mol. The second kappa shape index (κ2) is 29.8. The van der Waals surface area contributed by atoms with Crippen molar-refractivity contribution in [1.82, 2.24) is 4.90 Å². The average Bonchev–Trinajstić information content (AvgIpc) is 3.39. The van der Waals surface area contributed by atoms with Gasteiger partial charge in [-0.2, -0.15) is 0 Å². The molecule has 19 atom stereocenters. The lowest BCUT2D eigenvalue weighted by molar-refractivity contribution is -0.266. The molecule has 8 N–H and O–H groups in total. The minimum absolute atomic E-state index is 0.0265. The molecule has 3 aliphatic heterocycles. The number of ether oxygens (including phenoxy) is 5. The van der Waals surface area contributed by atoms with Crippen molar-refractivity contribution in [3.63, 3.8) is 0 Å². The maximum Gasteiger partial charge on any atom is 0.335 e. The molecule has 0 radical (unpaired) electrons. The highest BCUT2D eigenvalue weighted by molar-refractivity contribution is 6.39. The zero-order valence-corrected chi connectivity index (χ0v) is 45.8. The first-order valence-corrected chi connectivity index (χ1v) is 27.0. The number of methoxy groups -OCH3 is 2. The van der Waals surface area contributed by atoms with Crippen molar-refractivity contribution in [1.29, 1.82) is 0 Å². The number of carboxylic acids is 1. The Morgan fingerprint density at radius 3 is 2.21 bits per heavy atom. The summed E-state index contributed by atoms with van der Waals surface area (Å²) in [5.41, 5.74) is 0.845. The van der Waals surface area contributed by atoms with Gasteiger partial charge in [-0.05, 0) is 107 Å². The molecule has 430 valence electrons. The Balaban J connectivity index is 1.74. The molecule has 3 heterocycles. The van der Waals surface area contributed by atoms with E-state index in [1.54, 1.807) is 65.0 Å². The molecule has 1 aliphatic carbocycles. The number of aliphatic carboxylic acids is 1. The summed E-state index contributed by atoms with van der Waals surface area (Å²) in [5, 5.41) is 84.5. The van der Waals surface area contributed by atoms with E-state index in [4.69, 9.17) is 28.8 Å². The number of allylic oxidation sites excluding steroid dienone is 6. The number of esters is 1. The lowest BCUT2D eigenvalue weighted by atomic mass is 9.78. The number of carbonyl (C=O) groups excluding carboxylic acids is 5. The molecule has 2 bridgehead atoms. The van der Waals surface area contributed by atoms with E-state index in [2.05, 4.69) is 0 Å². The minimum Gasteiger partial charge on any atom is -0.479 e. The number of hydrogen-bond acceptors (Lipinski definition) is 18. The summed E-state index contributed by atoms with van der Waals surface area (Å²) in [6, 6.07) is -1.26. The summed E-state index contributed by atoms with van der Waals surface area (Å²) in [4.78, 5) is 83.7. The molecule has 1 unspecified atom stereocenters. The summed E-state index contributed by atoms with van der Waals surface area (Å²) in [6.07, 6.45) is -1.24. The molecule has 2 saturated heterocycles. The molecule has 0 spiro atoms. The number of cyclic esters (lactones) is 1. The zero-order valence-electron chi connectivity index (χ0n) is 45.8. The van der Waals surface area contributed by atoms with E-state index in [0.29, 0.717) is 56.1 Å². The van der Waals surface area contributed by atoms with Crippen LogP contribution in [0.3, 0.4) is 0 Å². The summed E-state index contributed by atoms with van der Waals surface area (Å²) < 4.78 is 29.6. The standard InChI is InChI=1S/C56H87NO19/c1-30-15-11-10-12-16-31(2)43(74-29-42(60)48(63)49(64)50(65)54(68)69)27-38-20-18-36(7)56(71,76-38)52(66)53(67)57-22-14-13-17-39(57)55(70)75-44(33(4)25-37-19-21-40(58)45(26-37)72-8)28-41(59)32(3)24-35(6)47(62)51(73-9)46(61)34(5)23-30/h10-12,15-16,24,30,32-34,36-40,42-45,47-51,58,60,62-65,71H,13-14,17-23,25-29H2,1-9H3,(H,68,69)/b12-10+,15-11+,31-16+,35-24+/t30-,32-,33-,34-,36-,37+,38+,39+,40-,42-,43?,44+,45-,47-,48-,49+,50-,51+,56-/m1/s1. The fourth-order valence-electron chi connectivity index (χ4n) is 10.9. The van der Waals surface area contributed by atoms with E-state index in [1.165, 1.54) is 14.2 Å². The zero-order chi connectivity index (χ0) is 56.8. The maximum atomic E-state index is 14.5. The van der Waals surface area contributed by atoms with Crippen LogP contribution in [0.15, 0.2) is 47.6 Å². The van der Waals surface area contributed by atoms with E-state index >= 15 is 0 Å². The number of Topliss-reactive ketones (excluding diaryl/α,β-unsaturated/α-hetero) is 3. The number of amides is 1. The van der Waals surface area contributed by atoms with E-state index in [1.807, 2.05) is 19.9 Å². The highest BCUT2D eigenvalue weighted by Gasteiger charge is 2.53. The number of aliphatic hydroxyl groups excluding tert-OH is 6. The quantitative estimate of drug-likeness (QED) is 0.0791. The van der Waals surface area contributed by atoms with Crippen molar-refractivity contribution >= 4 is 35.2 Å². The van der Waals surface area contributed by atoms with Gasteiger partial charge in [0.15, 0.2) is 11.9 Å². The number of piperidine rings is 1. The predicted octanol–water partition coefficient (Wildman–Crippen LogP) is 3.08. The number of aliphatic hydroxyl groups is 7. The van der Waals surface area contributed by atoms with E-state index in [0.717, 1.165) is 4.90 Å². The third-order valence-corrected chi connectivity index (χ3v) is 16.0. The Labute approximate surface area is 447 Å². The molecule has 0 aromatic carbocycles. The van der Waals surface area contributed by atoms with Gasteiger partial charge in [0.1, 0.15) is 48.4 Å². The van der Waals surface area contributed by atoms with Gasteiger partial charge in [0, 0.05) is 51.4 Å². The fraction of sp³-hybridized carbons (Fsp3) is 0.750. The van der Waals surface area contributed by atoms with Crippen molar-refractivity contribution in [2.24, 2.45) is 35.5 Å². The van der Waals surface area contributed by atoms with E-state index in [9.17, 15) is 64.5 Å². The molecule has 0 aromatic heterocycles. The second-order valence-electron chi connectivity index (χ2n) is 22.0. The van der Waals surface area contributed by atoms with Gasteiger partial charge in [0.25, 0.3) is 11.7 Å². The lowest BCUT2D eigenvalue weighted by Gasteiger charge is -2.43. The Bertz CT molecular complexity index is 2090. The van der Waals surface area contributed by atoms with Crippen LogP contribution in [0.2, 0.25) is 0 Å². The van der Waals surface area contributed by atoms with Gasteiger partial charge >= 0.3 is 11.9 Å². The van der Waals surface area contributed by atoms with Gasteiger partial charge in [-0.1, -0.05) is 71.1 Å². The first-order valence-electron chi connectivity index (χ1n) is 27.0. The molecule has 1 saturated carbocycles. The predicted molar refractivity (Wildman–Crippen MR) is 276 cm³/mol. The second-order valence-corrected chi connectivity index (χ2v) is 22.0. The van der Waals surface area contributed by atoms with Gasteiger partial charge in [0.05, 0.1) is 31.0 Å². The first kappa shape index (κ1) is 64.5. The molecule has 4 aliphatic rings. The van der Waals surface area contributed by atoms with Crippen molar-refractivity contribution in [2.45, 2.75) is 204 Å². The average molecular weight is 1080 g/mol. The monoisotopic (exact) mass is 1080 g/mol. The Hall–Kier alpha value is -4.06. The molecule has 3 fully saturated rings. The van der Waals surface area contributed by atoms with Crippen molar-refractivity contribution in [2.75, 3.05) is 27.4 Å². The molecule has 20 heteroatoms. The van der Waals surface area contributed by atoms with Crippen molar-refractivity contribution in [3.8, 4) is 0 Å². The molecule has 0 aromatic rings. The van der Waals surface area contributed by atoms with E-state index in [-0.39, 0.29) is 62.1 Å². The van der Waals surface area contributed by atoms with Gasteiger partial charge < -0.3 is 69.4 Å². The molecule has 76 heavy (non-hydrogen) atoms. The van der Waals surface area contributed by atoms with Gasteiger partial charge in [-0.25, -0.2) is 9.59 Å². The summed E-state index contributed by atoms with van der Waals surface area (Å²) in [7, 11) is 2.86. The van der Waals surface area contributed by atoms with Crippen molar-refractivity contribution < 1.29 is 93.3 Å². The smallest absolute Gasteiger partial charge is 0.335 e. The Morgan fingerprint density at radius 2 is 1.55 bits per heavy atom. The number of fused-ring (bicyclic) bond motifs is 3. The minimum atomic E-state index is -2.67. The summed E-state index contributed by atoms with van der Waals surface area (Å²) >= 11 is 0. The molecule has 1 amide bonds. The highest BCUT2D eigenvalue weighted by atomic mass is 16.6. The SMILES string of the molecule is CO[C@@H]1C[C@H](C[C@@H](C)[C@@H]2CC(=O)[C@H](C)/C=C(\C)[C@@H](O)[C@@H](OC)C(=O)[C@H](C)C[C@H](C)/C=C/C=C/C=C(\C)C(OC[C@@H](O)[C@@H](O)[C@H](O)[C@@H](O)C(=O)O)C[C@@H]3CC[C@@H](C)[C@@](O)(O3)C(=O)C(=O)N3CCCC[C@H]3C(=O)O2)CC[C@H]1O. The maximum absolute atomic E-state index is 14.5. The topological polar surface area (TPSA) is 314 Å². The Kier molecular flexibility index (Phi) is 25.3. The van der Waals surface area contributed by atoms with E-state index < -0.39 is 133 Å². The number of nitrogens with zero attached hydrogens (tertiary/aromatic N) is 1. The van der Waals surface area contributed by atoms with Crippen LogP contribution in [0.4, 0.5) is 0 Å². The van der Waals surface area contributed by atoms with Crippen LogP contribution in [-0.4, -0.2) is 187 Å². The van der Waals surface area contributed by atoms with Gasteiger partial charge in [-0.15, -0.1) is 0 Å². The summed E-state index contributed by atoms with van der Waals surface area (Å²) in [5.74, 6) is -11.2. The van der Waals surface area contributed by atoms with Crippen LogP contribution in [0, 0.1) is 35.5 Å². The molecule has 20 nitrogen and oxygen atoms in total. The Morgan fingerprint density at radius 1 is 0.855 bits per heavy atom. The van der Waals surface area contributed by atoms with Crippen molar-refractivity contribution in [3.05, 3.63) is 47.6 Å². The normalized spacial score (nSPS) is 38.0. The lowest BCUT2D eigenvalue weighted by Crippen LogP contribution is -2.61. The first-order chi connectivity index (χ1) is 35.7. The van der Waals surface area contributed by atoms with Crippen LogP contribution in [-0.2, 0) is 52.5 Å². The number of ketones is 3. The van der Waals surface area contributed by atoms with Crippen LogP contribution >= 0.6 is 0 Å². The highest BCUT2D eigenvalue weighted by Crippen LogP contribution is 2.38. The van der Waals surface area contributed by atoms with Gasteiger partial charge in [-0.3, -0.25) is 19.2 Å². The third kappa shape index (κ3) is 17.2. The van der Waals surface area contributed by atoms with Crippen LogP contribution in [0.25, 0.3) is 0 Å². The summed E-state index contributed by atoms with van der Waals surface area (Å²) in [6.45, 7) is 11.3. The van der Waals surface area contributed by atoms with Crippen LogP contribution in [0.1, 0.15) is 126 Å². The molecular formula is C56H87NO19. The largest absolute Gasteiger partial charge is 0.479 e.